The summed E-state index contributed by atoms with van der Waals surface area (Å²) in [4.78, 5) is 15.0. The highest BCUT2D eigenvalue weighted by molar-refractivity contribution is 8.14. The van der Waals surface area contributed by atoms with Gasteiger partial charge in [0.15, 0.2) is 5.17 Å². The molecule has 1 fully saturated rings. The van der Waals surface area contributed by atoms with Crippen LogP contribution in [0.5, 0.6) is 0 Å². The van der Waals surface area contributed by atoms with Crippen molar-refractivity contribution in [1.82, 2.24) is 10.6 Å². The molecule has 1 saturated heterocycles. The van der Waals surface area contributed by atoms with Crippen molar-refractivity contribution in [2.24, 2.45) is 4.99 Å². The monoisotopic (exact) mass is 201 g/mol. The van der Waals surface area contributed by atoms with E-state index in [-0.39, 0.29) is 18.0 Å². The zero-order valence-electron chi connectivity index (χ0n) is 8.18. The van der Waals surface area contributed by atoms with Crippen molar-refractivity contribution in [2.45, 2.75) is 19.4 Å². The normalized spacial score (nSPS) is 22.8. The summed E-state index contributed by atoms with van der Waals surface area (Å²) in [6, 6.07) is 0. The lowest BCUT2D eigenvalue weighted by Crippen LogP contribution is -2.37. The smallest absolute Gasteiger partial charge is 0.241 e. The number of carbonyl (C=O) groups excluding carboxylic acids is 1. The van der Waals surface area contributed by atoms with Gasteiger partial charge in [0.05, 0.1) is 0 Å². The molecule has 13 heavy (non-hydrogen) atoms. The van der Waals surface area contributed by atoms with Crippen molar-refractivity contribution in [2.75, 3.05) is 19.3 Å². The standard InChI is InChI=1S/C8H15N3OS/c1-8(2)5-13-7(11-8)10-4-6(12)9-3/h4-5H2,1-3H3,(H,9,12)(H,10,11). The molecule has 1 amide bonds. The van der Waals surface area contributed by atoms with Gasteiger partial charge in [-0.3, -0.25) is 9.79 Å². The Bertz CT molecular complexity index is 238. The zero-order valence-corrected chi connectivity index (χ0v) is 8.99. The lowest BCUT2D eigenvalue weighted by atomic mass is 10.1. The number of likely N-dealkylation sites (N-methyl/N-ethyl adjacent to an activating group) is 1. The van der Waals surface area contributed by atoms with Gasteiger partial charge in [-0.05, 0) is 13.8 Å². The van der Waals surface area contributed by atoms with Crippen molar-refractivity contribution in [3.63, 3.8) is 0 Å². The molecule has 1 aliphatic heterocycles. The maximum Gasteiger partial charge on any atom is 0.241 e. The number of hydrogen-bond acceptors (Lipinski definition) is 3. The molecule has 0 aromatic heterocycles. The summed E-state index contributed by atoms with van der Waals surface area (Å²) in [5.41, 5.74) is 0.103. The molecule has 0 aromatic carbocycles. The molecule has 0 saturated carbocycles. The van der Waals surface area contributed by atoms with Crippen LogP contribution < -0.4 is 10.6 Å². The van der Waals surface area contributed by atoms with Crippen molar-refractivity contribution in [1.29, 1.82) is 0 Å². The highest BCUT2D eigenvalue weighted by atomic mass is 32.2. The molecule has 0 unspecified atom stereocenters. The van der Waals surface area contributed by atoms with Gasteiger partial charge < -0.3 is 10.6 Å². The van der Waals surface area contributed by atoms with Crippen LogP contribution in [-0.2, 0) is 4.79 Å². The second-order valence-electron chi connectivity index (χ2n) is 3.59. The summed E-state index contributed by atoms with van der Waals surface area (Å²) < 4.78 is 0. The summed E-state index contributed by atoms with van der Waals surface area (Å²) >= 11 is 1.66. The number of nitrogens with zero attached hydrogens (tertiary/aromatic N) is 1. The van der Waals surface area contributed by atoms with Crippen LogP contribution in [-0.4, -0.2) is 36.0 Å². The SMILES string of the molecule is CNC(=O)CN=C1NC(C)(C)CS1. The summed E-state index contributed by atoms with van der Waals surface area (Å²) in [5.74, 6) is 0.944. The quantitative estimate of drug-likeness (QED) is 0.671. The molecular formula is C8H15N3OS. The number of amides is 1. The van der Waals surface area contributed by atoms with Gasteiger partial charge in [-0.15, -0.1) is 0 Å². The molecule has 74 valence electrons. The third kappa shape index (κ3) is 3.26. The van der Waals surface area contributed by atoms with E-state index in [1.807, 2.05) is 0 Å². The predicted molar refractivity (Wildman–Crippen MR) is 56.0 cm³/mol. The molecule has 4 nitrogen and oxygen atoms in total. The average Bonchev–Trinajstić information content (AvgIpc) is 2.41. The summed E-state index contributed by atoms with van der Waals surface area (Å²) in [6.07, 6.45) is 0. The minimum Gasteiger partial charge on any atom is -0.359 e. The number of amidine groups is 1. The number of thioether (sulfide) groups is 1. The van der Waals surface area contributed by atoms with E-state index in [1.54, 1.807) is 18.8 Å². The highest BCUT2D eigenvalue weighted by Gasteiger charge is 2.27. The third-order valence-corrected chi connectivity index (χ3v) is 3.03. The van der Waals surface area contributed by atoms with Crippen molar-refractivity contribution in [3.8, 4) is 0 Å². The number of carbonyl (C=O) groups is 1. The Morgan fingerprint density at radius 1 is 1.77 bits per heavy atom. The van der Waals surface area contributed by atoms with Gasteiger partial charge in [0.2, 0.25) is 5.91 Å². The van der Waals surface area contributed by atoms with E-state index >= 15 is 0 Å². The molecule has 1 aliphatic rings. The van der Waals surface area contributed by atoms with Crippen LogP contribution in [0.25, 0.3) is 0 Å². The van der Waals surface area contributed by atoms with Crippen molar-refractivity contribution in [3.05, 3.63) is 0 Å². The average molecular weight is 201 g/mol. The van der Waals surface area contributed by atoms with Crippen LogP contribution in [0, 0.1) is 0 Å². The molecule has 0 radical (unpaired) electrons. The molecule has 2 N–H and O–H groups in total. The Hall–Kier alpha value is -0.710. The van der Waals surface area contributed by atoms with Crippen molar-refractivity contribution < 1.29 is 4.79 Å². The Labute approximate surface area is 82.6 Å². The van der Waals surface area contributed by atoms with Crippen LogP contribution in [0.4, 0.5) is 0 Å². The lowest BCUT2D eigenvalue weighted by Gasteiger charge is -2.15. The van der Waals surface area contributed by atoms with Gasteiger partial charge >= 0.3 is 0 Å². The fourth-order valence-electron chi connectivity index (χ4n) is 0.918. The summed E-state index contributed by atoms with van der Waals surface area (Å²) in [7, 11) is 1.61. The van der Waals surface area contributed by atoms with Gasteiger partial charge in [0.25, 0.3) is 0 Å². The van der Waals surface area contributed by atoms with E-state index in [9.17, 15) is 4.79 Å². The van der Waals surface area contributed by atoms with Crippen LogP contribution in [0.15, 0.2) is 4.99 Å². The first kappa shape index (κ1) is 10.4. The Morgan fingerprint density at radius 2 is 2.46 bits per heavy atom. The number of aliphatic imine (C=N–C) groups is 1. The largest absolute Gasteiger partial charge is 0.359 e. The van der Waals surface area contributed by atoms with Crippen LogP contribution in [0.2, 0.25) is 0 Å². The predicted octanol–water partition coefficient (Wildman–Crippen LogP) is 0.203. The Morgan fingerprint density at radius 3 is 2.92 bits per heavy atom. The van der Waals surface area contributed by atoms with Crippen LogP contribution >= 0.6 is 11.8 Å². The first-order valence-corrected chi connectivity index (χ1v) is 5.18. The van der Waals surface area contributed by atoms with Crippen molar-refractivity contribution >= 4 is 22.8 Å². The molecule has 0 atom stereocenters. The van der Waals surface area contributed by atoms with Gasteiger partial charge in [-0.25, -0.2) is 0 Å². The van der Waals surface area contributed by atoms with E-state index in [0.717, 1.165) is 10.9 Å². The van der Waals surface area contributed by atoms with E-state index in [0.29, 0.717) is 0 Å². The molecule has 0 bridgehead atoms. The zero-order chi connectivity index (χ0) is 9.90. The minimum absolute atomic E-state index is 0.0559. The fourth-order valence-corrected chi connectivity index (χ4v) is 1.99. The maximum atomic E-state index is 10.9. The molecule has 1 heterocycles. The highest BCUT2D eigenvalue weighted by Crippen LogP contribution is 2.21. The summed E-state index contributed by atoms with van der Waals surface area (Å²) in [6.45, 7) is 4.44. The Kier molecular flexibility index (Phi) is 3.19. The fraction of sp³-hybridized carbons (Fsp3) is 0.750. The first-order chi connectivity index (χ1) is 6.03. The van der Waals surface area contributed by atoms with Gasteiger partial charge in [0, 0.05) is 18.3 Å². The number of rotatable bonds is 2. The van der Waals surface area contributed by atoms with E-state index in [1.165, 1.54) is 0 Å². The van der Waals surface area contributed by atoms with E-state index < -0.39 is 0 Å². The molecule has 1 rings (SSSR count). The second kappa shape index (κ2) is 4.00. The first-order valence-electron chi connectivity index (χ1n) is 4.19. The molecule has 0 aliphatic carbocycles. The van der Waals surface area contributed by atoms with Gasteiger partial charge in [-0.1, -0.05) is 11.8 Å². The van der Waals surface area contributed by atoms with Gasteiger partial charge in [0.1, 0.15) is 6.54 Å². The van der Waals surface area contributed by atoms with E-state index in [4.69, 9.17) is 0 Å². The van der Waals surface area contributed by atoms with Crippen LogP contribution in [0.1, 0.15) is 13.8 Å². The number of hydrogen-bond donors (Lipinski definition) is 2. The van der Waals surface area contributed by atoms with Gasteiger partial charge in [-0.2, -0.15) is 0 Å². The number of nitrogens with one attached hydrogen (secondary N) is 2. The molecule has 0 spiro atoms. The lowest BCUT2D eigenvalue weighted by molar-refractivity contribution is -0.119. The third-order valence-electron chi connectivity index (χ3n) is 1.66. The molecule has 0 aromatic rings. The minimum atomic E-state index is -0.0559. The summed E-state index contributed by atoms with van der Waals surface area (Å²) in [5, 5.41) is 6.64. The van der Waals surface area contributed by atoms with E-state index in [2.05, 4.69) is 29.5 Å². The Balaban J connectivity index is 2.42. The molecule has 5 heteroatoms. The maximum absolute atomic E-state index is 10.9. The van der Waals surface area contributed by atoms with Crippen LogP contribution in [0.3, 0.4) is 0 Å². The topological polar surface area (TPSA) is 53.5 Å². The molecular weight excluding hydrogens is 186 g/mol. The second-order valence-corrected chi connectivity index (χ2v) is 4.56.